The molecule has 1 amide bonds. The monoisotopic (exact) mass is 257 g/mol. The van der Waals surface area contributed by atoms with Gasteiger partial charge in [-0.2, -0.15) is 0 Å². The number of nitrogens with two attached hydrogens (primary N) is 2. The molecule has 0 bridgehead atoms. The lowest BCUT2D eigenvalue weighted by Crippen LogP contribution is -2.35. The number of rotatable bonds is 4. The Balaban J connectivity index is 3.04. The van der Waals surface area contributed by atoms with Crippen LogP contribution in [0.1, 0.15) is 13.3 Å². The molecule has 0 saturated carbocycles. The van der Waals surface area contributed by atoms with E-state index in [2.05, 4.69) is 5.32 Å². The summed E-state index contributed by atoms with van der Waals surface area (Å²) in [5.41, 5.74) is 5.67. The van der Waals surface area contributed by atoms with Gasteiger partial charge in [0.2, 0.25) is 15.9 Å². The van der Waals surface area contributed by atoms with E-state index in [0.717, 1.165) is 0 Å². The third-order valence-corrected chi connectivity index (χ3v) is 3.20. The Morgan fingerprint density at radius 2 is 2.00 bits per heavy atom. The number of hydrogen-bond acceptors (Lipinski definition) is 4. The Labute approximate surface area is 100 Å². The molecule has 0 radical (unpaired) electrons. The molecule has 0 fully saturated rings. The molecule has 0 aliphatic rings. The number of amides is 1. The van der Waals surface area contributed by atoms with E-state index in [1.54, 1.807) is 13.0 Å². The van der Waals surface area contributed by atoms with E-state index in [4.69, 9.17) is 10.9 Å². The highest BCUT2D eigenvalue weighted by atomic mass is 32.2. The first-order valence-electron chi connectivity index (χ1n) is 5.04. The molecule has 1 atom stereocenters. The molecule has 1 unspecified atom stereocenters. The molecule has 0 saturated heterocycles. The van der Waals surface area contributed by atoms with Crippen LogP contribution in [0.5, 0.6) is 0 Å². The van der Waals surface area contributed by atoms with Gasteiger partial charge in [0.15, 0.2) is 0 Å². The van der Waals surface area contributed by atoms with E-state index in [1.165, 1.54) is 18.2 Å². The lowest BCUT2D eigenvalue weighted by Gasteiger charge is -2.12. The lowest BCUT2D eigenvalue weighted by molar-refractivity contribution is -0.117. The van der Waals surface area contributed by atoms with E-state index in [0.29, 0.717) is 6.42 Å². The van der Waals surface area contributed by atoms with E-state index in [-0.39, 0.29) is 10.6 Å². The molecule has 1 aromatic rings. The zero-order valence-electron chi connectivity index (χ0n) is 9.38. The predicted molar refractivity (Wildman–Crippen MR) is 64.7 cm³/mol. The number of carbonyl (C=O) groups excluding carboxylic acids is 1. The first kappa shape index (κ1) is 13.6. The summed E-state index contributed by atoms with van der Waals surface area (Å²) in [4.78, 5) is 11.4. The third-order valence-electron chi connectivity index (χ3n) is 2.23. The zero-order valence-corrected chi connectivity index (χ0v) is 10.2. The van der Waals surface area contributed by atoms with Crippen LogP contribution in [-0.2, 0) is 14.8 Å². The Bertz CT molecular complexity index is 513. The van der Waals surface area contributed by atoms with Crippen LogP contribution in [0.25, 0.3) is 0 Å². The molecule has 0 spiro atoms. The van der Waals surface area contributed by atoms with Crippen LogP contribution in [-0.4, -0.2) is 20.4 Å². The Morgan fingerprint density at radius 3 is 2.53 bits per heavy atom. The van der Waals surface area contributed by atoms with E-state index in [9.17, 15) is 13.2 Å². The van der Waals surface area contributed by atoms with Crippen LogP contribution in [0, 0.1) is 0 Å². The third kappa shape index (κ3) is 3.52. The summed E-state index contributed by atoms with van der Waals surface area (Å²) in [6, 6.07) is 5.22. The first-order chi connectivity index (χ1) is 7.86. The van der Waals surface area contributed by atoms with Crippen molar-refractivity contribution in [2.75, 3.05) is 5.32 Å². The molecule has 0 aliphatic carbocycles. The minimum absolute atomic E-state index is 0.128. The Hall–Kier alpha value is -1.44. The molecule has 5 N–H and O–H groups in total. The Morgan fingerprint density at radius 1 is 1.41 bits per heavy atom. The van der Waals surface area contributed by atoms with Crippen molar-refractivity contribution in [3.05, 3.63) is 24.3 Å². The minimum atomic E-state index is -3.87. The SMILES string of the molecule is CCC(N)C(=O)Nc1ccccc1S(N)(=O)=O. The van der Waals surface area contributed by atoms with Gasteiger partial charge in [-0.25, -0.2) is 13.6 Å². The molecule has 7 heteroatoms. The Kier molecular flexibility index (Phi) is 4.22. The van der Waals surface area contributed by atoms with Crippen molar-refractivity contribution in [2.45, 2.75) is 24.3 Å². The standard InChI is InChI=1S/C10H15N3O3S/c1-2-7(11)10(14)13-8-5-3-4-6-9(8)17(12,15)16/h3-7H,2,11H2,1H3,(H,13,14)(H2,12,15,16). The number of carbonyl (C=O) groups is 1. The van der Waals surface area contributed by atoms with Crippen molar-refractivity contribution >= 4 is 21.6 Å². The van der Waals surface area contributed by atoms with E-state index in [1.807, 2.05) is 0 Å². The molecule has 1 aromatic carbocycles. The van der Waals surface area contributed by atoms with Gasteiger partial charge in [-0.05, 0) is 18.6 Å². The number of primary sulfonamides is 1. The predicted octanol–water partition coefficient (Wildman–Crippen LogP) is 0.00980. The lowest BCUT2D eigenvalue weighted by atomic mass is 10.2. The number of anilines is 1. The largest absolute Gasteiger partial charge is 0.324 e. The highest BCUT2D eigenvalue weighted by molar-refractivity contribution is 7.89. The van der Waals surface area contributed by atoms with Crippen LogP contribution < -0.4 is 16.2 Å². The molecule has 0 aromatic heterocycles. The van der Waals surface area contributed by atoms with Crippen LogP contribution in [0.4, 0.5) is 5.69 Å². The molecular formula is C10H15N3O3S. The summed E-state index contributed by atoms with van der Waals surface area (Å²) in [6.07, 6.45) is 0.462. The van der Waals surface area contributed by atoms with Gasteiger partial charge in [0.05, 0.1) is 11.7 Å². The molecule has 1 rings (SSSR count). The maximum absolute atomic E-state index is 11.6. The highest BCUT2D eigenvalue weighted by Crippen LogP contribution is 2.19. The quantitative estimate of drug-likeness (QED) is 0.704. The van der Waals surface area contributed by atoms with Crippen molar-refractivity contribution in [3.63, 3.8) is 0 Å². The van der Waals surface area contributed by atoms with Gasteiger partial charge >= 0.3 is 0 Å². The van der Waals surface area contributed by atoms with Crippen molar-refractivity contribution in [1.82, 2.24) is 0 Å². The van der Waals surface area contributed by atoms with E-state index >= 15 is 0 Å². The highest BCUT2D eigenvalue weighted by Gasteiger charge is 2.17. The van der Waals surface area contributed by atoms with Crippen molar-refractivity contribution < 1.29 is 13.2 Å². The van der Waals surface area contributed by atoms with Gasteiger partial charge in [-0.15, -0.1) is 0 Å². The van der Waals surface area contributed by atoms with Gasteiger partial charge < -0.3 is 11.1 Å². The second-order valence-electron chi connectivity index (χ2n) is 3.55. The van der Waals surface area contributed by atoms with Gasteiger partial charge in [-0.1, -0.05) is 19.1 Å². The summed E-state index contributed by atoms with van der Waals surface area (Å²) >= 11 is 0. The minimum Gasteiger partial charge on any atom is -0.324 e. The van der Waals surface area contributed by atoms with Crippen molar-refractivity contribution in [3.8, 4) is 0 Å². The molecule has 94 valence electrons. The van der Waals surface area contributed by atoms with Crippen LogP contribution in [0.15, 0.2) is 29.2 Å². The van der Waals surface area contributed by atoms with Crippen molar-refractivity contribution in [2.24, 2.45) is 10.9 Å². The fraction of sp³-hybridized carbons (Fsp3) is 0.300. The number of hydrogen-bond donors (Lipinski definition) is 3. The second kappa shape index (κ2) is 5.26. The summed E-state index contributed by atoms with van der Waals surface area (Å²) in [6.45, 7) is 1.76. The summed E-state index contributed by atoms with van der Waals surface area (Å²) in [5, 5.41) is 7.48. The molecule has 6 nitrogen and oxygen atoms in total. The maximum Gasteiger partial charge on any atom is 0.241 e. The van der Waals surface area contributed by atoms with Crippen LogP contribution in [0.2, 0.25) is 0 Å². The summed E-state index contributed by atoms with van der Waals surface area (Å²) in [5.74, 6) is -0.441. The number of sulfonamides is 1. The smallest absolute Gasteiger partial charge is 0.241 e. The average molecular weight is 257 g/mol. The van der Waals surface area contributed by atoms with Gasteiger partial charge in [0.1, 0.15) is 4.90 Å². The van der Waals surface area contributed by atoms with Crippen molar-refractivity contribution in [1.29, 1.82) is 0 Å². The number of nitrogens with one attached hydrogen (secondary N) is 1. The first-order valence-corrected chi connectivity index (χ1v) is 6.59. The van der Waals surface area contributed by atoms with Gasteiger partial charge in [0, 0.05) is 0 Å². The second-order valence-corrected chi connectivity index (χ2v) is 5.08. The normalized spacial score (nSPS) is 13.1. The van der Waals surface area contributed by atoms with Crippen LogP contribution >= 0.6 is 0 Å². The average Bonchev–Trinajstić information content (AvgIpc) is 2.27. The summed E-state index contributed by atoms with van der Waals surface area (Å²) in [7, 11) is -3.87. The fourth-order valence-corrected chi connectivity index (χ4v) is 1.92. The molecule has 0 heterocycles. The zero-order chi connectivity index (χ0) is 13.1. The topological polar surface area (TPSA) is 115 Å². The molecular weight excluding hydrogens is 242 g/mol. The van der Waals surface area contributed by atoms with Gasteiger partial charge in [0.25, 0.3) is 0 Å². The van der Waals surface area contributed by atoms with E-state index < -0.39 is 22.0 Å². The molecule has 17 heavy (non-hydrogen) atoms. The summed E-state index contributed by atoms with van der Waals surface area (Å²) < 4.78 is 22.5. The van der Waals surface area contributed by atoms with Crippen LogP contribution in [0.3, 0.4) is 0 Å². The fourth-order valence-electron chi connectivity index (χ4n) is 1.23. The molecule has 0 aliphatic heterocycles. The van der Waals surface area contributed by atoms with Gasteiger partial charge in [-0.3, -0.25) is 4.79 Å². The number of para-hydroxylation sites is 1. The maximum atomic E-state index is 11.6. The number of benzene rings is 1.